The number of amides is 1. The molecule has 1 saturated heterocycles. The van der Waals surface area contributed by atoms with Crippen molar-refractivity contribution in [1.82, 2.24) is 4.90 Å². The van der Waals surface area contributed by atoms with E-state index in [1.165, 1.54) is 12.1 Å². The van der Waals surface area contributed by atoms with Crippen molar-refractivity contribution in [3.63, 3.8) is 0 Å². The summed E-state index contributed by atoms with van der Waals surface area (Å²) in [6.07, 6.45) is 3.67. The summed E-state index contributed by atoms with van der Waals surface area (Å²) in [5, 5.41) is 2.75. The van der Waals surface area contributed by atoms with Gasteiger partial charge in [-0.1, -0.05) is 24.6 Å². The second-order valence-electron chi connectivity index (χ2n) is 7.33. The van der Waals surface area contributed by atoms with Crippen LogP contribution in [0, 0.1) is 0 Å². The Bertz CT molecular complexity index is 1020. The van der Waals surface area contributed by atoms with Crippen LogP contribution in [0.1, 0.15) is 41.6 Å². The summed E-state index contributed by atoms with van der Waals surface area (Å²) in [5.41, 5.74) is 1.84. The number of carbonyl (C=O) groups excluding carboxylic acids is 1. The molecule has 2 aromatic carbocycles. The van der Waals surface area contributed by atoms with Gasteiger partial charge in [0, 0.05) is 38.4 Å². The first-order valence-electron chi connectivity index (χ1n) is 9.93. The number of anilines is 1. The number of hydrogen-bond donors (Lipinski definition) is 1. The summed E-state index contributed by atoms with van der Waals surface area (Å²) < 4.78 is 34.8. The molecular weight excluding hydrogens is 402 g/mol. The Kier molecular flexibility index (Phi) is 7.23. The van der Waals surface area contributed by atoms with Gasteiger partial charge in [-0.25, -0.2) is 0 Å². The average molecular weight is 430 g/mol. The van der Waals surface area contributed by atoms with Crippen LogP contribution in [0.25, 0.3) is 0 Å². The Balaban J connectivity index is 1.77. The molecule has 1 aliphatic rings. The van der Waals surface area contributed by atoms with Crippen molar-refractivity contribution in [2.75, 3.05) is 26.0 Å². The van der Waals surface area contributed by atoms with E-state index in [4.69, 9.17) is 4.74 Å². The van der Waals surface area contributed by atoms with E-state index >= 15 is 0 Å². The van der Waals surface area contributed by atoms with E-state index in [1.54, 1.807) is 31.4 Å². The molecule has 1 aliphatic heterocycles. The molecule has 0 atom stereocenters. The van der Waals surface area contributed by atoms with Gasteiger partial charge in [-0.3, -0.25) is 4.79 Å². The number of sulfonamides is 1. The third-order valence-corrected chi connectivity index (χ3v) is 6.28. The molecule has 0 aromatic heterocycles. The Morgan fingerprint density at radius 3 is 2.63 bits per heavy atom. The molecule has 160 valence electrons. The van der Waals surface area contributed by atoms with E-state index in [1.807, 2.05) is 24.1 Å². The van der Waals surface area contributed by atoms with Crippen molar-refractivity contribution in [3.8, 4) is 0 Å². The molecule has 0 aliphatic carbocycles. The maximum absolute atomic E-state index is 12.8. The topological polar surface area (TPSA) is 88.1 Å². The Labute approximate surface area is 177 Å². The average Bonchev–Trinajstić information content (AvgIpc) is 2.93. The van der Waals surface area contributed by atoms with Crippen LogP contribution < -0.4 is 5.32 Å². The lowest BCUT2D eigenvalue weighted by Gasteiger charge is -2.17. The van der Waals surface area contributed by atoms with Gasteiger partial charge < -0.3 is 15.0 Å². The summed E-state index contributed by atoms with van der Waals surface area (Å²) in [6, 6.07) is 13.2. The first kappa shape index (κ1) is 22.0. The van der Waals surface area contributed by atoms with Gasteiger partial charge >= 0.3 is 0 Å². The molecule has 0 unspecified atom stereocenters. The highest BCUT2D eigenvalue weighted by Crippen LogP contribution is 2.20. The van der Waals surface area contributed by atoms with Crippen molar-refractivity contribution in [3.05, 3.63) is 59.7 Å². The fourth-order valence-electron chi connectivity index (χ4n) is 3.29. The number of methoxy groups -OCH3 is 1. The fraction of sp³-hybridized carbons (Fsp3) is 0.364. The maximum Gasteiger partial charge on any atom is 0.284 e. The quantitative estimate of drug-likeness (QED) is 0.757. The largest absolute Gasteiger partial charge is 0.380 e. The Hall–Kier alpha value is -2.71. The number of carbonyl (C=O) groups is 1. The molecule has 0 spiro atoms. The lowest BCUT2D eigenvalue weighted by atomic mass is 10.1. The predicted molar refractivity (Wildman–Crippen MR) is 117 cm³/mol. The summed E-state index contributed by atoms with van der Waals surface area (Å²) in [6.45, 7) is 1.27. The normalized spacial score (nSPS) is 16.3. The zero-order valence-corrected chi connectivity index (χ0v) is 18.1. The molecule has 30 heavy (non-hydrogen) atoms. The summed E-state index contributed by atoms with van der Waals surface area (Å²) >= 11 is 0. The number of benzene rings is 2. The van der Waals surface area contributed by atoms with Gasteiger partial charge in [-0.05, 0) is 48.7 Å². The zero-order valence-electron chi connectivity index (χ0n) is 17.3. The third kappa shape index (κ3) is 5.67. The second kappa shape index (κ2) is 9.86. The number of amidine groups is 1. The van der Waals surface area contributed by atoms with E-state index in [9.17, 15) is 13.2 Å². The summed E-state index contributed by atoms with van der Waals surface area (Å²) in [5.74, 6) is 0.265. The van der Waals surface area contributed by atoms with Crippen LogP contribution in [0.15, 0.2) is 57.8 Å². The van der Waals surface area contributed by atoms with Gasteiger partial charge in [-0.2, -0.15) is 8.42 Å². The number of nitrogens with one attached hydrogen (secondary N) is 1. The van der Waals surface area contributed by atoms with Gasteiger partial charge in [-0.15, -0.1) is 4.40 Å². The van der Waals surface area contributed by atoms with E-state index in [-0.39, 0.29) is 10.8 Å². The van der Waals surface area contributed by atoms with E-state index < -0.39 is 10.0 Å². The molecule has 1 fully saturated rings. The number of rotatable bonds is 6. The Morgan fingerprint density at radius 1 is 1.13 bits per heavy atom. The zero-order chi connectivity index (χ0) is 21.6. The number of likely N-dealkylation sites (tertiary alicyclic amines) is 1. The van der Waals surface area contributed by atoms with Crippen molar-refractivity contribution in [1.29, 1.82) is 0 Å². The van der Waals surface area contributed by atoms with Gasteiger partial charge in [0.15, 0.2) is 0 Å². The first-order chi connectivity index (χ1) is 14.4. The van der Waals surface area contributed by atoms with Crippen molar-refractivity contribution >= 4 is 27.5 Å². The van der Waals surface area contributed by atoms with Crippen LogP contribution in [0.3, 0.4) is 0 Å². The molecule has 1 amide bonds. The highest BCUT2D eigenvalue weighted by Gasteiger charge is 2.19. The fourth-order valence-corrected chi connectivity index (χ4v) is 4.43. The first-order valence-corrected chi connectivity index (χ1v) is 11.4. The lowest BCUT2D eigenvalue weighted by molar-refractivity contribution is 0.102. The van der Waals surface area contributed by atoms with Crippen LogP contribution in [-0.4, -0.2) is 45.8 Å². The minimum absolute atomic E-state index is 0.0564. The van der Waals surface area contributed by atoms with Crippen LogP contribution in [0.5, 0.6) is 0 Å². The maximum atomic E-state index is 12.8. The minimum Gasteiger partial charge on any atom is -0.380 e. The lowest BCUT2D eigenvalue weighted by Crippen LogP contribution is -2.26. The highest BCUT2D eigenvalue weighted by atomic mass is 32.2. The highest BCUT2D eigenvalue weighted by molar-refractivity contribution is 7.90. The molecule has 0 bridgehead atoms. The van der Waals surface area contributed by atoms with Crippen LogP contribution in [0.4, 0.5) is 5.69 Å². The van der Waals surface area contributed by atoms with Crippen LogP contribution >= 0.6 is 0 Å². The third-order valence-electron chi connectivity index (χ3n) is 4.98. The monoisotopic (exact) mass is 429 g/mol. The van der Waals surface area contributed by atoms with Crippen LogP contribution in [-0.2, 0) is 21.4 Å². The van der Waals surface area contributed by atoms with Crippen molar-refractivity contribution in [2.45, 2.75) is 37.2 Å². The van der Waals surface area contributed by atoms with Crippen molar-refractivity contribution in [2.24, 2.45) is 4.40 Å². The summed E-state index contributed by atoms with van der Waals surface area (Å²) in [7, 11) is -0.382. The standard InChI is InChI=1S/C22H27N3O4S/c1-25-14-5-3-4-9-21(25)24-30(27,28)20-8-6-7-19(15-20)23-22(26)18-12-10-17(11-13-18)16-29-2/h6-8,10-13,15H,3-5,9,14,16H2,1-2H3,(H,23,26). The van der Waals surface area contributed by atoms with E-state index in [0.717, 1.165) is 31.4 Å². The molecule has 7 nitrogen and oxygen atoms in total. The SMILES string of the molecule is COCc1ccc(C(=O)Nc2cccc(S(=O)(=O)N=C3CCCCCN3C)c2)cc1. The van der Waals surface area contributed by atoms with Gasteiger partial charge in [0.25, 0.3) is 15.9 Å². The molecule has 8 heteroatoms. The molecule has 1 heterocycles. The Morgan fingerprint density at radius 2 is 1.90 bits per heavy atom. The van der Waals surface area contributed by atoms with Crippen LogP contribution in [0.2, 0.25) is 0 Å². The number of hydrogen-bond acceptors (Lipinski definition) is 4. The minimum atomic E-state index is -3.86. The second-order valence-corrected chi connectivity index (χ2v) is 8.93. The smallest absolute Gasteiger partial charge is 0.284 e. The molecule has 0 radical (unpaired) electrons. The summed E-state index contributed by atoms with van der Waals surface area (Å²) in [4.78, 5) is 14.5. The predicted octanol–water partition coefficient (Wildman–Crippen LogP) is 3.68. The molecular formula is C22H27N3O4S. The van der Waals surface area contributed by atoms with E-state index in [0.29, 0.717) is 30.1 Å². The number of nitrogens with zero attached hydrogens (tertiary/aromatic N) is 2. The van der Waals surface area contributed by atoms with Crippen molar-refractivity contribution < 1.29 is 17.9 Å². The molecule has 0 saturated carbocycles. The molecule has 2 aromatic rings. The van der Waals surface area contributed by atoms with E-state index in [2.05, 4.69) is 9.71 Å². The molecule has 1 N–H and O–H groups in total. The molecule has 3 rings (SSSR count). The van der Waals surface area contributed by atoms with Gasteiger partial charge in [0.05, 0.1) is 11.5 Å². The number of ether oxygens (including phenoxy) is 1. The van der Waals surface area contributed by atoms with Gasteiger partial charge in [0.1, 0.15) is 5.84 Å². The van der Waals surface area contributed by atoms with Gasteiger partial charge in [0.2, 0.25) is 0 Å².